The van der Waals surface area contributed by atoms with Gasteiger partial charge >= 0.3 is 6.18 Å². The Morgan fingerprint density at radius 3 is 2.23 bits per heavy atom. The van der Waals surface area contributed by atoms with Gasteiger partial charge in [-0.3, -0.25) is 9.59 Å². The number of hydrogen-bond donors (Lipinski definition) is 2. The summed E-state index contributed by atoms with van der Waals surface area (Å²) in [7, 11) is 0. The molecule has 0 radical (unpaired) electrons. The molecule has 0 aromatic heterocycles. The monoisotopic (exact) mass is 444 g/mol. The lowest BCUT2D eigenvalue weighted by Gasteiger charge is -2.22. The summed E-state index contributed by atoms with van der Waals surface area (Å²) in [5.74, 6) is -4.26. The van der Waals surface area contributed by atoms with Crippen molar-refractivity contribution in [2.45, 2.75) is 32.6 Å². The van der Waals surface area contributed by atoms with Crippen molar-refractivity contribution in [1.82, 2.24) is 10.6 Å². The summed E-state index contributed by atoms with van der Waals surface area (Å²) in [5.41, 5.74) is -0.336. The Bertz CT molecular complexity index is 911. The molecule has 2 rings (SSSR count). The molecule has 0 bridgehead atoms. The molecule has 10 heteroatoms. The highest BCUT2D eigenvalue weighted by atomic mass is 19.4. The standard InChI is InChI=1S/C21H21F5N2O3/c1-12(2)18(28-19(29)17-15(22)7-4-8-16(17)23)20(30)27-10-13-5-3-6-14(9-13)31-11-21(24,25)26/h3-9,12,18H,10-11H2,1-2H3,(H,27,30)(H,28,29). The number of ether oxygens (including phenoxy) is 1. The molecule has 0 saturated carbocycles. The van der Waals surface area contributed by atoms with Gasteiger partial charge in [0.15, 0.2) is 6.61 Å². The van der Waals surface area contributed by atoms with Gasteiger partial charge in [0.05, 0.1) is 0 Å². The lowest BCUT2D eigenvalue weighted by Crippen LogP contribution is -2.49. The van der Waals surface area contributed by atoms with Crippen molar-refractivity contribution in [3.8, 4) is 5.75 Å². The summed E-state index contributed by atoms with van der Waals surface area (Å²) in [5, 5.41) is 4.87. The largest absolute Gasteiger partial charge is 0.484 e. The first-order valence-electron chi connectivity index (χ1n) is 9.29. The molecule has 31 heavy (non-hydrogen) atoms. The topological polar surface area (TPSA) is 67.4 Å². The number of benzene rings is 2. The average Bonchev–Trinajstić information content (AvgIpc) is 2.68. The third-order valence-corrected chi connectivity index (χ3v) is 4.19. The molecule has 0 fully saturated rings. The van der Waals surface area contributed by atoms with Crippen molar-refractivity contribution < 1.29 is 36.3 Å². The van der Waals surface area contributed by atoms with Crippen molar-refractivity contribution in [2.75, 3.05) is 6.61 Å². The van der Waals surface area contributed by atoms with Gasteiger partial charge in [0.25, 0.3) is 5.91 Å². The molecular formula is C21H21F5N2O3. The lowest BCUT2D eigenvalue weighted by molar-refractivity contribution is -0.153. The first-order chi connectivity index (χ1) is 14.5. The molecule has 0 heterocycles. The zero-order valence-electron chi connectivity index (χ0n) is 16.7. The molecule has 0 aliphatic carbocycles. The first-order valence-corrected chi connectivity index (χ1v) is 9.29. The maximum Gasteiger partial charge on any atom is 0.422 e. The van der Waals surface area contributed by atoms with Crippen molar-refractivity contribution in [2.24, 2.45) is 5.92 Å². The minimum absolute atomic E-state index is 0.0205. The summed E-state index contributed by atoms with van der Waals surface area (Å²) in [6, 6.07) is 7.58. The highest BCUT2D eigenvalue weighted by Crippen LogP contribution is 2.19. The summed E-state index contributed by atoms with van der Waals surface area (Å²) in [6.07, 6.45) is -4.48. The van der Waals surface area contributed by atoms with Crippen LogP contribution in [-0.2, 0) is 11.3 Å². The van der Waals surface area contributed by atoms with Crippen LogP contribution in [0.2, 0.25) is 0 Å². The van der Waals surface area contributed by atoms with Crippen molar-refractivity contribution in [1.29, 1.82) is 0 Å². The van der Waals surface area contributed by atoms with E-state index in [1.807, 2.05) is 0 Å². The second-order valence-corrected chi connectivity index (χ2v) is 7.06. The normalized spacial score (nSPS) is 12.4. The first kappa shape index (κ1) is 24.1. The van der Waals surface area contributed by atoms with Gasteiger partial charge in [-0.1, -0.05) is 32.0 Å². The third kappa shape index (κ3) is 7.23. The van der Waals surface area contributed by atoms with Crippen LogP contribution in [0.15, 0.2) is 42.5 Å². The molecule has 2 N–H and O–H groups in total. The molecule has 2 aromatic carbocycles. The van der Waals surface area contributed by atoms with E-state index in [2.05, 4.69) is 15.4 Å². The molecule has 168 valence electrons. The highest BCUT2D eigenvalue weighted by molar-refractivity contribution is 5.98. The summed E-state index contributed by atoms with van der Waals surface area (Å²) >= 11 is 0. The van der Waals surface area contributed by atoms with Crippen molar-refractivity contribution in [3.05, 3.63) is 65.2 Å². The third-order valence-electron chi connectivity index (χ3n) is 4.19. The molecule has 1 unspecified atom stereocenters. The molecule has 0 aliphatic heterocycles. The maximum atomic E-state index is 13.8. The van der Waals surface area contributed by atoms with Gasteiger partial charge in [-0.05, 0) is 35.7 Å². The van der Waals surface area contributed by atoms with E-state index in [9.17, 15) is 31.5 Å². The van der Waals surface area contributed by atoms with E-state index in [0.717, 1.165) is 18.2 Å². The summed E-state index contributed by atoms with van der Waals surface area (Å²) < 4.78 is 69.1. The number of hydrogen-bond acceptors (Lipinski definition) is 3. The number of nitrogens with one attached hydrogen (secondary N) is 2. The van der Waals surface area contributed by atoms with Crippen molar-refractivity contribution >= 4 is 11.8 Å². The minimum Gasteiger partial charge on any atom is -0.484 e. The fourth-order valence-electron chi connectivity index (χ4n) is 2.67. The molecule has 2 aromatic rings. The Kier molecular flexibility index (Phi) is 7.95. The van der Waals surface area contributed by atoms with Crippen molar-refractivity contribution in [3.63, 3.8) is 0 Å². The molecule has 0 spiro atoms. The Balaban J connectivity index is 2.02. The van der Waals surface area contributed by atoms with Gasteiger partial charge < -0.3 is 15.4 Å². The number of halogens is 5. The van der Waals surface area contributed by atoms with E-state index in [4.69, 9.17) is 0 Å². The molecular weight excluding hydrogens is 423 g/mol. The zero-order valence-corrected chi connectivity index (χ0v) is 16.7. The second-order valence-electron chi connectivity index (χ2n) is 7.06. The van der Waals surface area contributed by atoms with E-state index in [-0.39, 0.29) is 12.3 Å². The molecule has 5 nitrogen and oxygen atoms in total. The van der Waals surface area contributed by atoms with Gasteiger partial charge in [0, 0.05) is 6.54 Å². The van der Waals surface area contributed by atoms with E-state index in [1.54, 1.807) is 19.9 Å². The number of alkyl halides is 3. The summed E-state index contributed by atoms with van der Waals surface area (Å²) in [6.45, 7) is 1.76. The van der Waals surface area contributed by atoms with Crippen LogP contribution < -0.4 is 15.4 Å². The predicted octanol–water partition coefficient (Wildman–Crippen LogP) is 3.98. The summed E-state index contributed by atoms with van der Waals surface area (Å²) in [4.78, 5) is 24.8. The van der Waals surface area contributed by atoms with Gasteiger partial charge in [-0.2, -0.15) is 13.2 Å². The molecule has 1 atom stereocenters. The van der Waals surface area contributed by atoms with E-state index >= 15 is 0 Å². The quantitative estimate of drug-likeness (QED) is 0.606. The van der Waals surface area contributed by atoms with Crippen LogP contribution in [0.3, 0.4) is 0 Å². The second kappa shape index (κ2) is 10.2. The van der Waals surface area contributed by atoms with Gasteiger partial charge in [-0.15, -0.1) is 0 Å². The maximum absolute atomic E-state index is 13.8. The number of rotatable bonds is 8. The van der Waals surface area contributed by atoms with Crippen LogP contribution in [0.4, 0.5) is 22.0 Å². The minimum atomic E-state index is -4.48. The van der Waals surface area contributed by atoms with Crippen LogP contribution in [0.25, 0.3) is 0 Å². The SMILES string of the molecule is CC(C)C(NC(=O)c1c(F)cccc1F)C(=O)NCc1cccc(OCC(F)(F)F)c1. The Hall–Kier alpha value is -3.17. The van der Waals surface area contributed by atoms with Gasteiger partial charge in [0.1, 0.15) is 29.0 Å². The Labute approximate surface area is 175 Å². The van der Waals surface area contributed by atoms with Gasteiger partial charge in [0.2, 0.25) is 5.91 Å². The fourth-order valence-corrected chi connectivity index (χ4v) is 2.67. The smallest absolute Gasteiger partial charge is 0.422 e. The Morgan fingerprint density at radius 2 is 1.65 bits per heavy atom. The van der Waals surface area contributed by atoms with Crippen LogP contribution >= 0.6 is 0 Å². The van der Waals surface area contributed by atoms with Crippen LogP contribution in [0.1, 0.15) is 29.8 Å². The van der Waals surface area contributed by atoms with Crippen LogP contribution in [-0.4, -0.2) is 30.6 Å². The van der Waals surface area contributed by atoms with E-state index in [1.165, 1.54) is 18.2 Å². The molecule has 2 amide bonds. The highest BCUT2D eigenvalue weighted by Gasteiger charge is 2.29. The van der Waals surface area contributed by atoms with E-state index < -0.39 is 53.8 Å². The Morgan fingerprint density at radius 1 is 1.03 bits per heavy atom. The van der Waals surface area contributed by atoms with Gasteiger partial charge in [-0.25, -0.2) is 8.78 Å². The number of amides is 2. The van der Waals surface area contributed by atoms with Crippen LogP contribution in [0.5, 0.6) is 5.75 Å². The fraction of sp³-hybridized carbons (Fsp3) is 0.333. The van der Waals surface area contributed by atoms with Crippen LogP contribution in [0, 0.1) is 17.6 Å². The van der Waals surface area contributed by atoms with E-state index in [0.29, 0.717) is 5.56 Å². The lowest BCUT2D eigenvalue weighted by atomic mass is 10.0. The molecule has 0 saturated heterocycles. The number of carbonyl (C=O) groups excluding carboxylic acids is 2. The average molecular weight is 444 g/mol. The molecule has 0 aliphatic rings. The zero-order chi connectivity index (χ0) is 23.2. The number of carbonyl (C=O) groups is 2. The predicted molar refractivity (Wildman–Crippen MR) is 102 cm³/mol.